The number of carbonyl (C=O) groups is 1. The average Bonchev–Trinajstić information content (AvgIpc) is 3.34. The first-order chi connectivity index (χ1) is 12.4. The van der Waals surface area contributed by atoms with Crippen LogP contribution in [0.25, 0.3) is 0 Å². The first-order valence-corrected chi connectivity index (χ1v) is 9.53. The number of aliphatic hydroxyl groups is 1. The third-order valence-electron chi connectivity index (χ3n) is 7.11. The maximum Gasteiger partial charge on any atom is 0.174 e. The zero-order chi connectivity index (χ0) is 18.3. The average molecular weight is 392 g/mol. The van der Waals surface area contributed by atoms with Gasteiger partial charge in [-0.3, -0.25) is 9.69 Å². The van der Waals surface area contributed by atoms with E-state index >= 15 is 0 Å². The van der Waals surface area contributed by atoms with Crippen LogP contribution < -0.4 is 4.74 Å². The lowest BCUT2D eigenvalue weighted by Crippen LogP contribution is -2.72. The molecular weight excluding hydrogens is 366 g/mol. The normalized spacial score (nSPS) is 36.0. The molecule has 0 radical (unpaired) electrons. The van der Waals surface area contributed by atoms with Crippen LogP contribution in [0.15, 0.2) is 24.8 Å². The van der Waals surface area contributed by atoms with Crippen LogP contribution in [0.3, 0.4) is 0 Å². The Kier molecular flexibility index (Phi) is 4.15. The second-order valence-corrected chi connectivity index (χ2v) is 8.51. The summed E-state index contributed by atoms with van der Waals surface area (Å²) in [6, 6.07) is 3.43. The second-order valence-electron chi connectivity index (χ2n) is 8.51. The van der Waals surface area contributed by atoms with Gasteiger partial charge in [-0.25, -0.2) is 0 Å². The van der Waals surface area contributed by atoms with Gasteiger partial charge in [-0.15, -0.1) is 19.0 Å². The number of phenolic OH excluding ortho intramolecular Hbond substituents is 1. The Morgan fingerprint density at radius 2 is 2.15 bits per heavy atom. The van der Waals surface area contributed by atoms with Crippen LogP contribution in [0, 0.1) is 5.92 Å². The summed E-state index contributed by atoms with van der Waals surface area (Å²) in [4.78, 5) is 15.0. The summed E-state index contributed by atoms with van der Waals surface area (Å²) in [5.74, 6) is 1.06. The number of Topliss-reactive ketones (excluding diaryl/α,β-unsaturated/α-hetero) is 1. The number of aromatic hydroxyl groups is 1. The highest BCUT2D eigenvalue weighted by Gasteiger charge is 2.70. The molecule has 0 unspecified atom stereocenters. The van der Waals surface area contributed by atoms with Crippen molar-refractivity contribution in [3.05, 3.63) is 35.9 Å². The minimum absolute atomic E-state index is 0. The van der Waals surface area contributed by atoms with Crippen molar-refractivity contribution >= 4 is 18.2 Å². The molecule has 1 aromatic carbocycles. The number of hydrogen-bond donors (Lipinski definition) is 2. The molecule has 6 heteroatoms. The van der Waals surface area contributed by atoms with E-state index in [1.54, 1.807) is 12.1 Å². The lowest BCUT2D eigenvalue weighted by molar-refractivity contribution is -0.158. The number of rotatable bonds is 4. The molecule has 2 fully saturated rings. The van der Waals surface area contributed by atoms with E-state index in [0.717, 1.165) is 17.7 Å². The molecule has 0 amide bonds. The quantitative estimate of drug-likeness (QED) is 0.771. The summed E-state index contributed by atoms with van der Waals surface area (Å²) in [7, 11) is 2.07. The molecule has 0 aromatic heterocycles. The number of likely N-dealkylation sites (N-methyl/N-ethyl adjacent to an activating group) is 1. The van der Waals surface area contributed by atoms with E-state index in [9.17, 15) is 15.0 Å². The number of ether oxygens (including phenoxy) is 1. The van der Waals surface area contributed by atoms with E-state index in [0.29, 0.717) is 24.5 Å². The van der Waals surface area contributed by atoms with Gasteiger partial charge < -0.3 is 14.9 Å². The molecule has 2 saturated carbocycles. The Balaban J connectivity index is 0.00000180. The van der Waals surface area contributed by atoms with Crippen LogP contribution >= 0.6 is 12.4 Å². The maximum atomic E-state index is 12.7. The molecule has 0 bridgehead atoms. The van der Waals surface area contributed by atoms with Crippen LogP contribution in [-0.4, -0.2) is 52.2 Å². The van der Waals surface area contributed by atoms with Crippen molar-refractivity contribution in [3.63, 3.8) is 0 Å². The lowest BCUT2D eigenvalue weighted by atomic mass is 9.52. The molecule has 1 heterocycles. The summed E-state index contributed by atoms with van der Waals surface area (Å²) < 4.78 is 5.98. The first kappa shape index (κ1) is 18.8. The van der Waals surface area contributed by atoms with Crippen molar-refractivity contribution in [2.24, 2.45) is 5.92 Å². The van der Waals surface area contributed by atoms with Crippen LogP contribution in [0.5, 0.6) is 11.5 Å². The molecule has 146 valence electrons. The molecule has 4 aliphatic rings. The molecule has 2 N–H and O–H groups in total. The zero-order valence-electron chi connectivity index (χ0n) is 15.5. The minimum atomic E-state index is -1.14. The van der Waals surface area contributed by atoms with Gasteiger partial charge in [0, 0.05) is 24.6 Å². The molecule has 27 heavy (non-hydrogen) atoms. The Morgan fingerprint density at radius 3 is 2.81 bits per heavy atom. The summed E-state index contributed by atoms with van der Waals surface area (Å²) in [5, 5.41) is 22.4. The van der Waals surface area contributed by atoms with Gasteiger partial charge >= 0.3 is 0 Å². The zero-order valence-corrected chi connectivity index (χ0v) is 16.3. The highest BCUT2D eigenvalue weighted by molar-refractivity contribution is 5.90. The van der Waals surface area contributed by atoms with Crippen molar-refractivity contribution in [2.45, 2.75) is 55.3 Å². The third kappa shape index (κ3) is 2.22. The Morgan fingerprint density at radius 1 is 1.41 bits per heavy atom. The van der Waals surface area contributed by atoms with Crippen molar-refractivity contribution < 1.29 is 19.7 Å². The standard InChI is InChI=1S/C21H25NO4.ClH/c1-3-20-17-13-6-7-14(23)18(17)26-19(20)15(24)8-9-21(20,25)16(10-13)22(2)11-12-4-5-12;/h3,6-7,12,16,19,23,25H,1,4-5,8-11H2,2H3;1H/t16-,19+,20+,21-;/m1./s1. The van der Waals surface area contributed by atoms with Crippen molar-refractivity contribution in [1.29, 1.82) is 0 Å². The predicted octanol–water partition coefficient (Wildman–Crippen LogP) is 2.36. The van der Waals surface area contributed by atoms with E-state index < -0.39 is 17.1 Å². The third-order valence-corrected chi connectivity index (χ3v) is 7.11. The lowest BCUT2D eigenvalue weighted by Gasteiger charge is -2.57. The first-order valence-electron chi connectivity index (χ1n) is 9.53. The summed E-state index contributed by atoms with van der Waals surface area (Å²) >= 11 is 0. The predicted molar refractivity (Wildman–Crippen MR) is 104 cm³/mol. The van der Waals surface area contributed by atoms with Gasteiger partial charge in [0.25, 0.3) is 0 Å². The minimum Gasteiger partial charge on any atom is -0.504 e. The molecule has 5 nitrogen and oxygen atoms in total. The fourth-order valence-corrected chi connectivity index (χ4v) is 5.67. The van der Waals surface area contributed by atoms with Gasteiger partial charge in [-0.05, 0) is 50.3 Å². The van der Waals surface area contributed by atoms with E-state index in [1.165, 1.54) is 12.8 Å². The van der Waals surface area contributed by atoms with Crippen LogP contribution in [0.1, 0.15) is 36.8 Å². The molecule has 0 saturated heterocycles. The van der Waals surface area contributed by atoms with Gasteiger partial charge in [0.15, 0.2) is 23.4 Å². The molecule has 1 aromatic rings. The van der Waals surface area contributed by atoms with E-state index in [2.05, 4.69) is 18.5 Å². The number of benzene rings is 1. The summed E-state index contributed by atoms with van der Waals surface area (Å²) in [5.41, 5.74) is -0.327. The molecular formula is C21H26ClNO4. The molecule has 5 rings (SSSR count). The Hall–Kier alpha value is -1.56. The second kappa shape index (κ2) is 5.97. The molecule has 3 aliphatic carbocycles. The van der Waals surface area contributed by atoms with Crippen LogP contribution in [0.2, 0.25) is 0 Å². The van der Waals surface area contributed by atoms with E-state index in [4.69, 9.17) is 4.74 Å². The van der Waals surface area contributed by atoms with Gasteiger partial charge in [-0.1, -0.05) is 12.1 Å². The van der Waals surface area contributed by atoms with Crippen LogP contribution in [-0.2, 0) is 16.6 Å². The molecule has 4 atom stereocenters. The number of phenols is 1. The molecule has 1 aliphatic heterocycles. The van der Waals surface area contributed by atoms with Gasteiger partial charge in [0.05, 0.1) is 11.0 Å². The van der Waals surface area contributed by atoms with Gasteiger partial charge in [-0.2, -0.15) is 0 Å². The smallest absolute Gasteiger partial charge is 0.174 e. The van der Waals surface area contributed by atoms with Crippen molar-refractivity contribution in [3.8, 4) is 11.5 Å². The number of nitrogens with zero attached hydrogens (tertiary/aromatic N) is 1. The van der Waals surface area contributed by atoms with E-state index in [-0.39, 0.29) is 36.4 Å². The SMILES string of the molecule is C=C[C@]12c3c4ccc(O)c3O[C@H]1C(=O)CC[C@@]2(O)[C@H](N(C)CC1CC1)C4.Cl. The topological polar surface area (TPSA) is 70.0 Å². The maximum absolute atomic E-state index is 12.7. The van der Waals surface area contributed by atoms with Crippen molar-refractivity contribution in [2.75, 3.05) is 13.6 Å². The Labute approximate surface area is 165 Å². The van der Waals surface area contributed by atoms with Crippen LogP contribution in [0.4, 0.5) is 0 Å². The fourth-order valence-electron chi connectivity index (χ4n) is 5.67. The number of halogens is 1. The Bertz CT molecular complexity index is 823. The highest BCUT2D eigenvalue weighted by atomic mass is 35.5. The largest absolute Gasteiger partial charge is 0.504 e. The summed E-state index contributed by atoms with van der Waals surface area (Å²) in [6.45, 7) is 4.98. The number of ketones is 1. The van der Waals surface area contributed by atoms with Gasteiger partial charge in [0.1, 0.15) is 0 Å². The van der Waals surface area contributed by atoms with Gasteiger partial charge in [0.2, 0.25) is 0 Å². The fraction of sp³-hybridized carbons (Fsp3) is 0.571. The molecule has 0 spiro atoms. The monoisotopic (exact) mass is 391 g/mol. The summed E-state index contributed by atoms with van der Waals surface area (Å²) in [6.07, 6.45) is 4.77. The highest BCUT2D eigenvalue weighted by Crippen LogP contribution is 2.62. The van der Waals surface area contributed by atoms with E-state index in [1.807, 2.05) is 6.07 Å². The number of carbonyl (C=O) groups excluding carboxylic acids is 1. The van der Waals surface area contributed by atoms with Crippen molar-refractivity contribution in [1.82, 2.24) is 4.90 Å². The number of hydrogen-bond acceptors (Lipinski definition) is 5.